The Morgan fingerprint density at radius 1 is 1.28 bits per heavy atom. The number of fused-ring (bicyclic) bond motifs is 1. The Balaban J connectivity index is 1.44. The fourth-order valence-electron chi connectivity index (χ4n) is 4.16. The molecule has 0 radical (unpaired) electrons. The van der Waals surface area contributed by atoms with Crippen LogP contribution in [0.3, 0.4) is 0 Å². The number of carbonyl (C=O) groups excluding carboxylic acids is 2. The van der Waals surface area contributed by atoms with Gasteiger partial charge in [-0.05, 0) is 56.0 Å². The lowest BCUT2D eigenvalue weighted by Gasteiger charge is -2.26. The number of nitrogens with one attached hydrogen (secondary N) is 1. The first-order valence-electron chi connectivity index (χ1n) is 10.3. The summed E-state index contributed by atoms with van der Waals surface area (Å²) in [6, 6.07) is 7.97. The molecule has 0 aliphatic carbocycles. The fourth-order valence-corrected chi connectivity index (χ4v) is 4.16. The normalized spacial score (nSPS) is 19.0. The van der Waals surface area contributed by atoms with E-state index in [9.17, 15) is 9.59 Å². The Hall–Kier alpha value is -2.67. The molecule has 0 unspecified atom stereocenters. The van der Waals surface area contributed by atoms with Crippen molar-refractivity contribution in [1.82, 2.24) is 20.3 Å². The molecule has 0 bridgehead atoms. The summed E-state index contributed by atoms with van der Waals surface area (Å²) in [4.78, 5) is 28.6. The molecule has 1 aromatic heterocycles. The summed E-state index contributed by atoms with van der Waals surface area (Å²) in [5, 5.41) is 7.40. The van der Waals surface area contributed by atoms with Crippen LogP contribution in [0.15, 0.2) is 28.8 Å². The van der Waals surface area contributed by atoms with E-state index in [1.807, 2.05) is 12.1 Å². The molecule has 4 rings (SSSR count). The molecule has 1 saturated heterocycles. The minimum atomic E-state index is -0.203. The molecule has 1 atom stereocenters. The van der Waals surface area contributed by atoms with E-state index in [1.165, 1.54) is 23.3 Å². The van der Waals surface area contributed by atoms with Gasteiger partial charge in [-0.3, -0.25) is 9.59 Å². The molecule has 7 nitrogen and oxygen atoms in total. The highest BCUT2D eigenvalue weighted by Crippen LogP contribution is 2.25. The highest BCUT2D eigenvalue weighted by molar-refractivity contribution is 5.96. The van der Waals surface area contributed by atoms with E-state index in [1.54, 1.807) is 19.0 Å². The minimum Gasteiger partial charge on any atom is -0.360 e. The molecule has 2 aliphatic heterocycles. The number of nitrogens with zero attached hydrogens (tertiary/aromatic N) is 3. The molecule has 2 aromatic rings. The van der Waals surface area contributed by atoms with Crippen LogP contribution in [0.4, 0.5) is 0 Å². The van der Waals surface area contributed by atoms with Gasteiger partial charge in [-0.1, -0.05) is 17.3 Å². The SMILES string of the molecule is CN(C)C(=O)c1noc2c1CN(C(=O)c1ccc(C[C@@H]3CCCNC3)cc1)CC2. The van der Waals surface area contributed by atoms with Gasteiger partial charge < -0.3 is 19.6 Å². The van der Waals surface area contributed by atoms with E-state index in [4.69, 9.17) is 4.52 Å². The maximum absolute atomic E-state index is 13.0. The molecule has 0 saturated carbocycles. The third-order valence-corrected chi connectivity index (χ3v) is 5.85. The Bertz CT molecular complexity index is 882. The Morgan fingerprint density at radius 2 is 2.07 bits per heavy atom. The van der Waals surface area contributed by atoms with E-state index < -0.39 is 0 Å². The van der Waals surface area contributed by atoms with Crippen LogP contribution in [0, 0.1) is 5.92 Å². The number of piperidine rings is 1. The standard InChI is InChI=1S/C22H28N4O3/c1-25(2)22(28)20-18-14-26(11-9-19(18)29-24-20)21(27)17-7-5-15(6-8-17)12-16-4-3-10-23-13-16/h5-8,16,23H,3-4,9-14H2,1-2H3/t16-/m0/s1. The highest BCUT2D eigenvalue weighted by Gasteiger charge is 2.30. The number of benzene rings is 1. The summed E-state index contributed by atoms with van der Waals surface area (Å²) < 4.78 is 5.34. The Kier molecular flexibility index (Phi) is 5.67. The van der Waals surface area contributed by atoms with Crippen LogP contribution in [-0.4, -0.2) is 60.5 Å². The number of hydrogen-bond donors (Lipinski definition) is 1. The summed E-state index contributed by atoms with van der Waals surface area (Å²) >= 11 is 0. The molecule has 0 spiro atoms. The summed E-state index contributed by atoms with van der Waals surface area (Å²) in [7, 11) is 3.36. The van der Waals surface area contributed by atoms with Crippen molar-refractivity contribution >= 4 is 11.8 Å². The first-order chi connectivity index (χ1) is 14.0. The molecular weight excluding hydrogens is 368 g/mol. The lowest BCUT2D eigenvalue weighted by Crippen LogP contribution is -2.36. The van der Waals surface area contributed by atoms with E-state index in [2.05, 4.69) is 22.6 Å². The first-order valence-corrected chi connectivity index (χ1v) is 10.3. The Labute approximate surface area is 171 Å². The van der Waals surface area contributed by atoms with E-state index >= 15 is 0 Å². The van der Waals surface area contributed by atoms with Crippen molar-refractivity contribution in [2.24, 2.45) is 5.92 Å². The second-order valence-corrected chi connectivity index (χ2v) is 8.22. The zero-order chi connectivity index (χ0) is 20.4. The minimum absolute atomic E-state index is 0.0222. The van der Waals surface area contributed by atoms with Crippen LogP contribution >= 0.6 is 0 Å². The van der Waals surface area contributed by atoms with Gasteiger partial charge in [0, 0.05) is 38.2 Å². The maximum atomic E-state index is 13.0. The zero-order valence-corrected chi connectivity index (χ0v) is 17.1. The number of rotatable bonds is 4. The van der Waals surface area contributed by atoms with Crippen LogP contribution in [-0.2, 0) is 19.4 Å². The smallest absolute Gasteiger partial charge is 0.275 e. The average Bonchev–Trinajstić information content (AvgIpc) is 3.17. The molecule has 3 heterocycles. The van der Waals surface area contributed by atoms with Gasteiger partial charge in [-0.2, -0.15) is 0 Å². The summed E-state index contributed by atoms with van der Waals surface area (Å²) in [5.41, 5.74) is 2.98. The van der Waals surface area contributed by atoms with Gasteiger partial charge >= 0.3 is 0 Å². The van der Waals surface area contributed by atoms with Crippen LogP contribution < -0.4 is 5.32 Å². The number of hydrogen-bond acceptors (Lipinski definition) is 5. The second-order valence-electron chi connectivity index (χ2n) is 8.22. The van der Waals surface area contributed by atoms with Gasteiger partial charge in [-0.15, -0.1) is 0 Å². The molecule has 2 amide bonds. The van der Waals surface area contributed by atoms with Crippen LogP contribution in [0.25, 0.3) is 0 Å². The number of amides is 2. The van der Waals surface area contributed by atoms with Gasteiger partial charge in [0.15, 0.2) is 5.69 Å². The third kappa shape index (κ3) is 4.19. The average molecular weight is 396 g/mol. The van der Waals surface area contributed by atoms with E-state index in [-0.39, 0.29) is 11.8 Å². The molecule has 7 heteroatoms. The van der Waals surface area contributed by atoms with Crippen molar-refractivity contribution in [2.45, 2.75) is 32.2 Å². The Morgan fingerprint density at radius 3 is 2.76 bits per heavy atom. The van der Waals surface area contributed by atoms with Crippen molar-refractivity contribution in [3.05, 3.63) is 52.4 Å². The lowest BCUT2D eigenvalue weighted by molar-refractivity contribution is 0.0723. The molecule has 29 heavy (non-hydrogen) atoms. The van der Waals surface area contributed by atoms with Gasteiger partial charge in [0.1, 0.15) is 5.76 Å². The van der Waals surface area contributed by atoms with Gasteiger partial charge in [0.25, 0.3) is 11.8 Å². The van der Waals surface area contributed by atoms with E-state index in [0.29, 0.717) is 42.4 Å². The quantitative estimate of drug-likeness (QED) is 0.856. The lowest BCUT2D eigenvalue weighted by atomic mass is 9.92. The molecule has 154 valence electrons. The zero-order valence-electron chi connectivity index (χ0n) is 17.1. The monoisotopic (exact) mass is 396 g/mol. The summed E-state index contributed by atoms with van der Waals surface area (Å²) in [6.45, 7) is 3.10. The van der Waals surface area contributed by atoms with Crippen LogP contribution in [0.1, 0.15) is 50.6 Å². The molecule has 1 fully saturated rings. The van der Waals surface area contributed by atoms with Crippen molar-refractivity contribution < 1.29 is 14.1 Å². The topological polar surface area (TPSA) is 78.7 Å². The second kappa shape index (κ2) is 8.37. The molecule has 2 aliphatic rings. The number of aromatic nitrogens is 1. The maximum Gasteiger partial charge on any atom is 0.275 e. The van der Waals surface area contributed by atoms with Gasteiger partial charge in [-0.25, -0.2) is 0 Å². The van der Waals surface area contributed by atoms with Crippen molar-refractivity contribution in [1.29, 1.82) is 0 Å². The van der Waals surface area contributed by atoms with Crippen molar-refractivity contribution in [3.8, 4) is 0 Å². The predicted octanol–water partition coefficient (Wildman–Crippen LogP) is 2.12. The summed E-state index contributed by atoms with van der Waals surface area (Å²) in [5.74, 6) is 1.15. The van der Waals surface area contributed by atoms with Crippen molar-refractivity contribution in [3.63, 3.8) is 0 Å². The first kappa shape index (κ1) is 19.6. The van der Waals surface area contributed by atoms with Gasteiger partial charge in [0.05, 0.1) is 6.54 Å². The molecule has 1 N–H and O–H groups in total. The largest absolute Gasteiger partial charge is 0.360 e. The molecule has 1 aromatic carbocycles. The molecular formula is C22H28N4O3. The van der Waals surface area contributed by atoms with Gasteiger partial charge in [0.2, 0.25) is 0 Å². The summed E-state index contributed by atoms with van der Waals surface area (Å²) in [6.07, 6.45) is 4.11. The van der Waals surface area contributed by atoms with E-state index in [0.717, 1.165) is 25.1 Å². The highest BCUT2D eigenvalue weighted by atomic mass is 16.5. The van der Waals surface area contributed by atoms with Crippen LogP contribution in [0.2, 0.25) is 0 Å². The van der Waals surface area contributed by atoms with Crippen LogP contribution in [0.5, 0.6) is 0 Å². The third-order valence-electron chi connectivity index (χ3n) is 5.85. The predicted molar refractivity (Wildman–Crippen MR) is 109 cm³/mol. The van der Waals surface area contributed by atoms with Crippen molar-refractivity contribution in [2.75, 3.05) is 33.7 Å². The fraction of sp³-hybridized carbons (Fsp3) is 0.500. The number of carbonyl (C=O) groups is 2.